The number of rotatable bonds is 3. The minimum Gasteiger partial charge on any atom is -0.469 e. The average molecular weight is 194 g/mol. The van der Waals surface area contributed by atoms with Crippen molar-refractivity contribution in [3.05, 3.63) is 23.0 Å². The van der Waals surface area contributed by atoms with Crippen LogP contribution in [-0.4, -0.2) is 23.3 Å². The van der Waals surface area contributed by atoms with Gasteiger partial charge in [0.1, 0.15) is 0 Å². The first-order valence-electron chi connectivity index (χ1n) is 4.40. The fraction of sp³-hybridized carbons (Fsp3) is 0.400. The largest absolute Gasteiger partial charge is 0.469 e. The van der Waals surface area contributed by atoms with Crippen LogP contribution in [0.15, 0.2) is 6.08 Å². The van der Waals surface area contributed by atoms with E-state index in [0.717, 1.165) is 17.0 Å². The van der Waals surface area contributed by atoms with Gasteiger partial charge in [0.15, 0.2) is 0 Å². The number of carbonyl (C=O) groups excluding carboxylic acids is 1. The first kappa shape index (κ1) is 10.5. The highest BCUT2D eigenvalue weighted by atomic mass is 16.5. The molecule has 0 aliphatic rings. The molecule has 0 saturated heterocycles. The minimum absolute atomic E-state index is 0.236. The molecule has 0 aliphatic carbocycles. The second-order valence-electron chi connectivity index (χ2n) is 3.03. The smallest absolute Gasteiger partial charge is 0.309 e. The Balaban J connectivity index is 2.64. The van der Waals surface area contributed by atoms with Gasteiger partial charge in [-0.2, -0.15) is 5.10 Å². The number of hydrogen-bond donors (Lipinski definition) is 1. The zero-order valence-corrected chi connectivity index (χ0v) is 8.63. The van der Waals surface area contributed by atoms with Crippen LogP contribution in [0.4, 0.5) is 0 Å². The van der Waals surface area contributed by atoms with Crippen molar-refractivity contribution in [3.8, 4) is 0 Å². The van der Waals surface area contributed by atoms with Crippen molar-refractivity contribution in [1.82, 2.24) is 10.2 Å². The fourth-order valence-electron chi connectivity index (χ4n) is 1.16. The van der Waals surface area contributed by atoms with E-state index in [4.69, 9.17) is 0 Å². The van der Waals surface area contributed by atoms with Crippen LogP contribution in [0.2, 0.25) is 0 Å². The lowest BCUT2D eigenvalue weighted by Gasteiger charge is -1.93. The van der Waals surface area contributed by atoms with Gasteiger partial charge in [0, 0.05) is 11.3 Å². The van der Waals surface area contributed by atoms with Crippen molar-refractivity contribution < 1.29 is 9.53 Å². The van der Waals surface area contributed by atoms with Crippen LogP contribution in [0.1, 0.15) is 23.4 Å². The lowest BCUT2D eigenvalue weighted by atomic mass is 10.2. The zero-order chi connectivity index (χ0) is 10.6. The van der Waals surface area contributed by atoms with Crippen LogP contribution in [0.5, 0.6) is 0 Å². The molecule has 1 aromatic heterocycles. The van der Waals surface area contributed by atoms with E-state index in [-0.39, 0.29) is 5.97 Å². The molecule has 0 amide bonds. The summed E-state index contributed by atoms with van der Waals surface area (Å²) in [5.41, 5.74) is 2.97. The molecule has 0 fully saturated rings. The van der Waals surface area contributed by atoms with E-state index in [0.29, 0.717) is 6.42 Å². The van der Waals surface area contributed by atoms with E-state index in [1.807, 2.05) is 19.9 Å². The Morgan fingerprint density at radius 3 is 2.79 bits per heavy atom. The second kappa shape index (κ2) is 4.60. The van der Waals surface area contributed by atoms with Crippen molar-refractivity contribution in [2.45, 2.75) is 20.3 Å². The van der Waals surface area contributed by atoms with Crippen LogP contribution in [0.3, 0.4) is 0 Å². The van der Waals surface area contributed by atoms with Crippen LogP contribution in [0, 0.1) is 13.8 Å². The summed E-state index contributed by atoms with van der Waals surface area (Å²) in [6.45, 7) is 3.86. The number of nitrogens with one attached hydrogen (secondary N) is 1. The predicted molar refractivity (Wildman–Crippen MR) is 53.7 cm³/mol. The molecule has 0 bridgehead atoms. The van der Waals surface area contributed by atoms with Gasteiger partial charge in [-0.1, -0.05) is 12.2 Å². The Bertz CT molecular complexity index is 334. The summed E-state index contributed by atoms with van der Waals surface area (Å²) in [6.07, 6.45) is 3.95. The van der Waals surface area contributed by atoms with E-state index in [2.05, 4.69) is 14.9 Å². The first-order chi connectivity index (χ1) is 6.65. The highest BCUT2D eigenvalue weighted by Gasteiger charge is 2.02. The number of esters is 1. The SMILES string of the molecule is COC(=O)CC=Cc1c(C)n[nH]c1C. The van der Waals surface area contributed by atoms with Gasteiger partial charge in [0.25, 0.3) is 0 Å². The maximum absolute atomic E-state index is 10.8. The molecule has 0 aromatic carbocycles. The van der Waals surface area contributed by atoms with Gasteiger partial charge in [-0.15, -0.1) is 0 Å². The molecule has 1 aromatic rings. The van der Waals surface area contributed by atoms with Gasteiger partial charge < -0.3 is 4.74 Å². The quantitative estimate of drug-likeness (QED) is 0.743. The molecule has 0 saturated carbocycles. The van der Waals surface area contributed by atoms with Crippen LogP contribution in [0.25, 0.3) is 6.08 Å². The van der Waals surface area contributed by atoms with Gasteiger partial charge in [-0.05, 0) is 13.8 Å². The Morgan fingerprint density at radius 2 is 2.29 bits per heavy atom. The van der Waals surface area contributed by atoms with E-state index in [1.54, 1.807) is 6.08 Å². The van der Waals surface area contributed by atoms with E-state index in [1.165, 1.54) is 7.11 Å². The third-order valence-corrected chi connectivity index (χ3v) is 1.98. The lowest BCUT2D eigenvalue weighted by Crippen LogP contribution is -1.96. The number of H-pyrrole nitrogens is 1. The predicted octanol–water partition coefficient (Wildman–Crippen LogP) is 1.60. The van der Waals surface area contributed by atoms with Crippen LogP contribution in [-0.2, 0) is 9.53 Å². The summed E-state index contributed by atoms with van der Waals surface area (Å²) in [6, 6.07) is 0. The first-order valence-corrected chi connectivity index (χ1v) is 4.40. The van der Waals surface area contributed by atoms with E-state index in [9.17, 15) is 4.79 Å². The Labute approximate surface area is 83.0 Å². The Hall–Kier alpha value is -1.58. The molecule has 1 rings (SSSR count). The molecular weight excluding hydrogens is 180 g/mol. The van der Waals surface area contributed by atoms with Crippen LogP contribution < -0.4 is 0 Å². The normalized spacial score (nSPS) is 10.8. The van der Waals surface area contributed by atoms with Gasteiger partial charge in [0.2, 0.25) is 0 Å². The van der Waals surface area contributed by atoms with Gasteiger partial charge >= 0.3 is 5.97 Å². The molecule has 1 N–H and O–H groups in total. The minimum atomic E-state index is -0.236. The molecule has 4 heteroatoms. The number of aromatic amines is 1. The highest BCUT2D eigenvalue weighted by Crippen LogP contribution is 2.11. The summed E-state index contributed by atoms with van der Waals surface area (Å²) in [4.78, 5) is 10.8. The number of carbonyl (C=O) groups is 1. The molecule has 0 radical (unpaired) electrons. The molecule has 1 heterocycles. The maximum atomic E-state index is 10.8. The number of ether oxygens (including phenoxy) is 1. The van der Waals surface area contributed by atoms with Crippen molar-refractivity contribution in [1.29, 1.82) is 0 Å². The molecule has 76 valence electrons. The highest BCUT2D eigenvalue weighted by molar-refractivity contribution is 5.72. The number of aryl methyl sites for hydroxylation is 2. The van der Waals surface area contributed by atoms with Crippen molar-refractivity contribution in [2.24, 2.45) is 0 Å². The monoisotopic (exact) mass is 194 g/mol. The summed E-state index contributed by atoms with van der Waals surface area (Å²) in [5, 5.41) is 6.91. The molecule has 4 nitrogen and oxygen atoms in total. The Morgan fingerprint density at radius 1 is 1.57 bits per heavy atom. The summed E-state index contributed by atoms with van der Waals surface area (Å²) >= 11 is 0. The van der Waals surface area contributed by atoms with Gasteiger partial charge in [-0.3, -0.25) is 9.89 Å². The van der Waals surface area contributed by atoms with E-state index < -0.39 is 0 Å². The van der Waals surface area contributed by atoms with Gasteiger partial charge in [0.05, 0.1) is 19.2 Å². The number of methoxy groups -OCH3 is 1. The maximum Gasteiger partial charge on any atom is 0.309 e. The van der Waals surface area contributed by atoms with Crippen molar-refractivity contribution in [2.75, 3.05) is 7.11 Å². The van der Waals surface area contributed by atoms with Crippen molar-refractivity contribution in [3.63, 3.8) is 0 Å². The molecule has 0 atom stereocenters. The molecule has 0 aliphatic heterocycles. The standard InChI is InChI=1S/C10H14N2O2/c1-7-9(8(2)12-11-7)5-4-6-10(13)14-3/h4-5H,6H2,1-3H3,(H,11,12). The number of nitrogens with zero attached hydrogens (tertiary/aromatic N) is 1. The Kier molecular flexibility index (Phi) is 3.45. The topological polar surface area (TPSA) is 55.0 Å². The fourth-order valence-corrected chi connectivity index (χ4v) is 1.16. The third-order valence-electron chi connectivity index (χ3n) is 1.98. The molecule has 0 unspecified atom stereocenters. The second-order valence-corrected chi connectivity index (χ2v) is 3.03. The third kappa shape index (κ3) is 2.45. The average Bonchev–Trinajstić information content (AvgIpc) is 2.48. The summed E-state index contributed by atoms with van der Waals surface area (Å²) < 4.78 is 4.52. The van der Waals surface area contributed by atoms with Crippen molar-refractivity contribution >= 4 is 12.0 Å². The van der Waals surface area contributed by atoms with Crippen LogP contribution >= 0.6 is 0 Å². The number of hydrogen-bond acceptors (Lipinski definition) is 3. The van der Waals surface area contributed by atoms with Gasteiger partial charge in [-0.25, -0.2) is 0 Å². The van der Waals surface area contributed by atoms with E-state index >= 15 is 0 Å². The molecule has 14 heavy (non-hydrogen) atoms. The molecule has 0 spiro atoms. The lowest BCUT2D eigenvalue weighted by molar-refractivity contribution is -0.139. The number of aromatic nitrogens is 2. The summed E-state index contributed by atoms with van der Waals surface area (Å²) in [5.74, 6) is -0.236. The summed E-state index contributed by atoms with van der Waals surface area (Å²) in [7, 11) is 1.38. The zero-order valence-electron chi connectivity index (χ0n) is 8.63. The molecular formula is C10H14N2O2.